The second kappa shape index (κ2) is 5.19. The van der Waals surface area contributed by atoms with Crippen LogP contribution in [-0.2, 0) is 0 Å². The van der Waals surface area contributed by atoms with Crippen LogP contribution in [0.5, 0.6) is 5.75 Å². The molecular weight excluding hydrogens is 235 g/mol. The Morgan fingerprint density at radius 3 is 2.41 bits per heavy atom. The Kier molecular flexibility index (Phi) is 3.91. The van der Waals surface area contributed by atoms with E-state index in [1.165, 1.54) is 6.92 Å². The maximum Gasteiger partial charge on any atom is 0.318 e. The van der Waals surface area contributed by atoms with Crippen LogP contribution >= 0.6 is 0 Å². The molecule has 0 aliphatic heterocycles. The van der Waals surface area contributed by atoms with Gasteiger partial charge in [-0.2, -0.15) is 0 Å². The highest BCUT2D eigenvalue weighted by Gasteiger charge is 2.23. The summed E-state index contributed by atoms with van der Waals surface area (Å²) in [5.74, 6) is -0.141. The van der Waals surface area contributed by atoms with Crippen molar-refractivity contribution in [2.75, 3.05) is 13.3 Å². The topological polar surface area (TPSA) is 95.5 Å². The molecule has 0 spiro atoms. The average molecular weight is 244 g/mol. The van der Waals surface area contributed by atoms with Crippen LogP contribution in [0.3, 0.4) is 0 Å². The molecule has 0 amide bonds. The molecule has 7 nitrogen and oxygen atoms in total. The number of aryl methyl sites for hydroxylation is 1. The summed E-state index contributed by atoms with van der Waals surface area (Å²) >= 11 is 0. The molecule has 1 aromatic carbocycles. The zero-order chi connectivity index (χ0) is 13.0. The molecule has 0 N–H and O–H groups in total. The molecule has 0 atom stereocenters. The summed E-state index contributed by atoms with van der Waals surface area (Å²) in [6.45, 7) is 0.292. The predicted molar refractivity (Wildman–Crippen MR) is 56.0 cm³/mol. The molecule has 0 radical (unpaired) electrons. The van der Waals surface area contributed by atoms with Gasteiger partial charge in [0.15, 0.2) is 0 Å². The van der Waals surface area contributed by atoms with E-state index in [2.05, 4.69) is 0 Å². The van der Waals surface area contributed by atoms with Crippen LogP contribution in [0.1, 0.15) is 5.56 Å². The van der Waals surface area contributed by atoms with Gasteiger partial charge in [-0.1, -0.05) is 0 Å². The highest BCUT2D eigenvalue weighted by Crippen LogP contribution is 2.34. The number of non-ortho nitro benzene ring substituents is 1. The third kappa shape index (κ3) is 2.86. The summed E-state index contributed by atoms with van der Waals surface area (Å²) in [5, 5.41) is 21.3. The largest absolute Gasteiger partial charge is 0.484 e. The van der Waals surface area contributed by atoms with E-state index in [4.69, 9.17) is 4.74 Å². The smallest absolute Gasteiger partial charge is 0.318 e. The minimum Gasteiger partial charge on any atom is -0.484 e. The van der Waals surface area contributed by atoms with Gasteiger partial charge in [-0.15, -0.1) is 0 Å². The lowest BCUT2D eigenvalue weighted by atomic mass is 10.1. The van der Waals surface area contributed by atoms with Gasteiger partial charge < -0.3 is 4.74 Å². The SMILES string of the molecule is Cc1cc([N+](=O)[O-])cc([N+](=O)[O-])c1OCCF. The first kappa shape index (κ1) is 12.8. The van der Waals surface area contributed by atoms with Crippen LogP contribution < -0.4 is 4.74 Å². The van der Waals surface area contributed by atoms with Crippen LogP contribution in [0.4, 0.5) is 15.8 Å². The predicted octanol–water partition coefficient (Wildman–Crippen LogP) is 2.16. The zero-order valence-corrected chi connectivity index (χ0v) is 8.88. The van der Waals surface area contributed by atoms with E-state index in [0.717, 1.165) is 12.1 Å². The van der Waals surface area contributed by atoms with E-state index in [1.54, 1.807) is 0 Å². The fourth-order valence-electron chi connectivity index (χ4n) is 1.31. The average Bonchev–Trinajstić information content (AvgIpc) is 2.26. The van der Waals surface area contributed by atoms with Crippen LogP contribution in [-0.4, -0.2) is 23.1 Å². The van der Waals surface area contributed by atoms with Gasteiger partial charge in [0.25, 0.3) is 5.69 Å². The van der Waals surface area contributed by atoms with Crippen molar-refractivity contribution in [2.24, 2.45) is 0 Å². The van der Waals surface area contributed by atoms with Gasteiger partial charge in [-0.05, 0) is 6.92 Å². The summed E-state index contributed by atoms with van der Waals surface area (Å²) in [6.07, 6.45) is 0. The van der Waals surface area contributed by atoms with Gasteiger partial charge >= 0.3 is 5.69 Å². The molecule has 0 bridgehead atoms. The van der Waals surface area contributed by atoms with E-state index in [9.17, 15) is 24.6 Å². The highest BCUT2D eigenvalue weighted by molar-refractivity contribution is 5.58. The Bertz CT molecular complexity index is 463. The molecule has 92 valence electrons. The Labute approximate surface area is 95.1 Å². The first-order valence-electron chi connectivity index (χ1n) is 4.59. The standard InChI is InChI=1S/C9H9FN2O5/c1-6-4-7(11(13)14)5-8(12(15)16)9(6)17-3-2-10/h4-5H,2-3H2,1H3. The van der Waals surface area contributed by atoms with Crippen LogP contribution in [0.15, 0.2) is 12.1 Å². The van der Waals surface area contributed by atoms with Gasteiger partial charge in [0, 0.05) is 11.6 Å². The molecule has 8 heteroatoms. The van der Waals surface area contributed by atoms with Gasteiger partial charge in [-0.25, -0.2) is 4.39 Å². The number of rotatable bonds is 5. The van der Waals surface area contributed by atoms with Crippen molar-refractivity contribution in [3.05, 3.63) is 37.9 Å². The Hall–Kier alpha value is -2.25. The third-order valence-electron chi connectivity index (χ3n) is 1.97. The van der Waals surface area contributed by atoms with Gasteiger partial charge in [0.1, 0.15) is 13.3 Å². The molecule has 0 aliphatic rings. The van der Waals surface area contributed by atoms with E-state index < -0.39 is 27.9 Å². The quantitative estimate of drug-likeness (QED) is 0.584. The van der Waals surface area contributed by atoms with Gasteiger partial charge in [0.05, 0.1) is 15.9 Å². The monoisotopic (exact) mass is 244 g/mol. The van der Waals surface area contributed by atoms with E-state index >= 15 is 0 Å². The number of hydrogen-bond donors (Lipinski definition) is 0. The number of halogens is 1. The van der Waals surface area contributed by atoms with Crippen molar-refractivity contribution in [1.29, 1.82) is 0 Å². The summed E-state index contributed by atoms with van der Waals surface area (Å²) < 4.78 is 16.8. The molecule has 0 aliphatic carbocycles. The molecule has 17 heavy (non-hydrogen) atoms. The number of hydrogen-bond acceptors (Lipinski definition) is 5. The lowest BCUT2D eigenvalue weighted by Crippen LogP contribution is -2.04. The second-order valence-electron chi connectivity index (χ2n) is 3.16. The van der Waals surface area contributed by atoms with Crippen LogP contribution in [0.25, 0.3) is 0 Å². The number of nitro groups is 2. The number of nitrogens with zero attached hydrogens (tertiary/aromatic N) is 2. The van der Waals surface area contributed by atoms with Crippen molar-refractivity contribution in [2.45, 2.75) is 6.92 Å². The minimum absolute atomic E-state index is 0.141. The number of benzene rings is 1. The second-order valence-corrected chi connectivity index (χ2v) is 3.16. The number of nitro benzene ring substituents is 2. The fourth-order valence-corrected chi connectivity index (χ4v) is 1.31. The Morgan fingerprint density at radius 1 is 1.29 bits per heavy atom. The van der Waals surface area contributed by atoms with E-state index in [1.807, 2.05) is 0 Å². The number of ether oxygens (including phenoxy) is 1. The molecule has 0 unspecified atom stereocenters. The molecule has 0 saturated carbocycles. The Morgan fingerprint density at radius 2 is 1.94 bits per heavy atom. The van der Waals surface area contributed by atoms with Gasteiger partial charge in [-0.3, -0.25) is 20.2 Å². The zero-order valence-electron chi connectivity index (χ0n) is 8.88. The van der Waals surface area contributed by atoms with Crippen molar-refractivity contribution in [3.8, 4) is 5.75 Å². The maximum atomic E-state index is 11.9. The minimum atomic E-state index is -0.798. The van der Waals surface area contributed by atoms with Crippen molar-refractivity contribution in [1.82, 2.24) is 0 Å². The first-order valence-corrected chi connectivity index (χ1v) is 4.59. The molecule has 0 aromatic heterocycles. The summed E-state index contributed by atoms with van der Waals surface area (Å²) in [7, 11) is 0. The summed E-state index contributed by atoms with van der Waals surface area (Å²) in [6, 6.07) is 1.93. The Balaban J connectivity index is 3.28. The van der Waals surface area contributed by atoms with Crippen LogP contribution in [0, 0.1) is 27.2 Å². The first-order chi connectivity index (χ1) is 7.97. The molecule has 1 aromatic rings. The lowest BCUT2D eigenvalue weighted by molar-refractivity contribution is -0.394. The molecule has 0 heterocycles. The normalized spacial score (nSPS) is 10.0. The highest BCUT2D eigenvalue weighted by atomic mass is 19.1. The fraction of sp³-hybridized carbons (Fsp3) is 0.333. The molecule has 0 fully saturated rings. The van der Waals surface area contributed by atoms with E-state index in [0.29, 0.717) is 0 Å². The number of alkyl halides is 1. The van der Waals surface area contributed by atoms with Crippen molar-refractivity contribution < 1.29 is 19.0 Å². The molecular formula is C9H9FN2O5. The molecule has 1 rings (SSSR count). The van der Waals surface area contributed by atoms with E-state index in [-0.39, 0.29) is 17.9 Å². The maximum absolute atomic E-state index is 11.9. The van der Waals surface area contributed by atoms with Crippen molar-refractivity contribution >= 4 is 11.4 Å². The third-order valence-corrected chi connectivity index (χ3v) is 1.97. The van der Waals surface area contributed by atoms with Gasteiger partial charge in [0.2, 0.25) is 5.75 Å². The summed E-state index contributed by atoms with van der Waals surface area (Å²) in [4.78, 5) is 19.7. The molecule has 0 saturated heterocycles. The van der Waals surface area contributed by atoms with Crippen molar-refractivity contribution in [3.63, 3.8) is 0 Å². The van der Waals surface area contributed by atoms with Crippen LogP contribution in [0.2, 0.25) is 0 Å². The summed E-state index contributed by atoms with van der Waals surface area (Å²) in [5.41, 5.74) is -0.716. The lowest BCUT2D eigenvalue weighted by Gasteiger charge is -2.07.